The molecule has 1 aliphatic rings. The summed E-state index contributed by atoms with van der Waals surface area (Å²) in [6, 6.07) is 38.1. The van der Waals surface area contributed by atoms with Crippen LogP contribution in [0, 0.1) is 0 Å². The molecule has 1 aliphatic carbocycles. The van der Waals surface area contributed by atoms with Crippen molar-refractivity contribution in [2.24, 2.45) is 0 Å². The van der Waals surface area contributed by atoms with E-state index in [-0.39, 0.29) is 11.1 Å². The number of nitrogens with zero attached hydrogens (tertiary/aromatic N) is 4. The van der Waals surface area contributed by atoms with Gasteiger partial charge in [-0.05, 0) is 58.7 Å². The minimum Gasteiger partial charge on any atom is -0.309 e. The molecule has 0 radical (unpaired) electrons. The minimum atomic E-state index is -0.313. The lowest BCUT2D eigenvalue weighted by Gasteiger charge is -2.21. The molecule has 6 heteroatoms. The summed E-state index contributed by atoms with van der Waals surface area (Å²) in [7, 11) is 0. The van der Waals surface area contributed by atoms with Crippen molar-refractivity contribution >= 4 is 48.3 Å². The van der Waals surface area contributed by atoms with Crippen LogP contribution in [0.25, 0.3) is 65.2 Å². The van der Waals surface area contributed by atoms with Gasteiger partial charge in [0.15, 0.2) is 5.82 Å². The Morgan fingerprint density at radius 2 is 1.45 bits per heavy atom. The van der Waals surface area contributed by atoms with Crippen LogP contribution in [-0.2, 0) is 5.41 Å². The fourth-order valence-electron chi connectivity index (χ4n) is 6.83. The Morgan fingerprint density at radius 3 is 2.33 bits per heavy atom. The zero-order chi connectivity index (χ0) is 28.2. The molecule has 0 bridgehead atoms. The monoisotopic (exact) mass is 560 g/mol. The highest BCUT2D eigenvalue weighted by Crippen LogP contribution is 2.51. The predicted molar refractivity (Wildman–Crippen MR) is 172 cm³/mol. The molecule has 200 valence electrons. The second-order valence-corrected chi connectivity index (χ2v) is 12.5. The van der Waals surface area contributed by atoms with Crippen LogP contribution in [0.5, 0.6) is 0 Å². The molecule has 5 aromatic carbocycles. The number of aromatic nitrogens is 4. The largest absolute Gasteiger partial charge is 0.356 e. The summed E-state index contributed by atoms with van der Waals surface area (Å²) in [5.41, 5.74) is 10.0. The van der Waals surface area contributed by atoms with Gasteiger partial charge in [-0.3, -0.25) is 0 Å². The molecule has 0 amide bonds. The van der Waals surface area contributed by atoms with E-state index in [1.165, 1.54) is 49.9 Å². The van der Waals surface area contributed by atoms with Crippen molar-refractivity contribution in [2.45, 2.75) is 19.3 Å². The van der Waals surface area contributed by atoms with Crippen LogP contribution < -0.4 is 5.69 Å². The van der Waals surface area contributed by atoms with Gasteiger partial charge >= 0.3 is 5.69 Å². The van der Waals surface area contributed by atoms with Crippen molar-refractivity contribution in [3.63, 3.8) is 0 Å². The van der Waals surface area contributed by atoms with Crippen LogP contribution in [0.1, 0.15) is 25.0 Å². The minimum absolute atomic E-state index is 0.0901. The second kappa shape index (κ2) is 8.24. The third-order valence-electron chi connectivity index (χ3n) is 8.84. The average molecular weight is 561 g/mol. The topological polar surface area (TPSA) is 52.2 Å². The molecule has 42 heavy (non-hydrogen) atoms. The van der Waals surface area contributed by atoms with Crippen molar-refractivity contribution < 1.29 is 0 Å². The zero-order valence-corrected chi connectivity index (χ0v) is 23.8. The number of thiazole rings is 1. The fraction of sp³-hybridized carbons (Fsp3) is 0.0833. The van der Waals surface area contributed by atoms with E-state index < -0.39 is 0 Å². The summed E-state index contributed by atoms with van der Waals surface area (Å²) >= 11 is 1.52. The van der Waals surface area contributed by atoms with Crippen molar-refractivity contribution in [3.05, 3.63) is 131 Å². The number of hydrogen-bond acceptors (Lipinski definition) is 4. The molecule has 0 saturated carbocycles. The molecule has 0 aliphatic heterocycles. The lowest BCUT2D eigenvalue weighted by atomic mass is 9.82. The standard InChI is InChI=1S/C36H24N4OS/c1-36(2)27-14-8-6-12-23(27)25-19-26-24-13-7-9-15-29(24)39(31(26)20-28(25)36)22-16-17-30-32(18-22)42-35-38-33(37-34(41)40(30)35)21-10-4-3-5-11-21/h3-20H,1-2H3. The Kier molecular flexibility index (Phi) is 4.63. The first-order chi connectivity index (χ1) is 20.5. The molecule has 0 saturated heterocycles. The maximum Gasteiger partial charge on any atom is 0.356 e. The van der Waals surface area contributed by atoms with Crippen LogP contribution in [0.2, 0.25) is 0 Å². The van der Waals surface area contributed by atoms with Gasteiger partial charge in [-0.25, -0.2) is 9.20 Å². The number of rotatable bonds is 2. The van der Waals surface area contributed by atoms with Crippen LogP contribution in [0.4, 0.5) is 0 Å². The van der Waals surface area contributed by atoms with E-state index in [9.17, 15) is 4.79 Å². The molecule has 0 unspecified atom stereocenters. The lowest BCUT2D eigenvalue weighted by molar-refractivity contribution is 0.661. The molecule has 8 aromatic rings. The lowest BCUT2D eigenvalue weighted by Crippen LogP contribution is -2.17. The van der Waals surface area contributed by atoms with Crippen molar-refractivity contribution in [2.75, 3.05) is 0 Å². The number of hydrogen-bond donors (Lipinski definition) is 0. The molecule has 5 nitrogen and oxygen atoms in total. The van der Waals surface area contributed by atoms with E-state index in [1.54, 1.807) is 4.40 Å². The van der Waals surface area contributed by atoms with E-state index in [0.717, 1.165) is 27.0 Å². The first-order valence-electron chi connectivity index (χ1n) is 14.1. The summed E-state index contributed by atoms with van der Waals surface area (Å²) in [4.78, 5) is 22.9. The van der Waals surface area contributed by atoms with Crippen molar-refractivity contribution in [3.8, 4) is 28.2 Å². The van der Waals surface area contributed by atoms with Crippen LogP contribution >= 0.6 is 11.3 Å². The van der Waals surface area contributed by atoms with Gasteiger partial charge in [0.2, 0.25) is 4.96 Å². The van der Waals surface area contributed by atoms with E-state index in [4.69, 9.17) is 4.98 Å². The fourth-order valence-corrected chi connectivity index (χ4v) is 7.87. The van der Waals surface area contributed by atoms with Crippen LogP contribution in [-0.4, -0.2) is 18.9 Å². The van der Waals surface area contributed by atoms with E-state index in [1.807, 2.05) is 36.4 Å². The van der Waals surface area contributed by atoms with Gasteiger partial charge in [0.05, 0.1) is 21.3 Å². The van der Waals surface area contributed by atoms with Crippen LogP contribution in [0.3, 0.4) is 0 Å². The SMILES string of the molecule is CC1(C)c2ccccc2-c2cc3c4ccccc4n(-c4ccc5c(c4)sc4nc(-c6ccccc6)nc(=O)n45)c3cc21. The first kappa shape index (κ1) is 23.6. The molecule has 0 spiro atoms. The summed E-state index contributed by atoms with van der Waals surface area (Å²) in [6.45, 7) is 4.64. The normalized spacial score (nSPS) is 13.8. The summed E-state index contributed by atoms with van der Waals surface area (Å²) in [6.07, 6.45) is 0. The zero-order valence-electron chi connectivity index (χ0n) is 23.0. The maximum atomic E-state index is 13.2. The molecule has 0 fully saturated rings. The van der Waals surface area contributed by atoms with Gasteiger partial charge in [-0.1, -0.05) is 98.0 Å². The Balaban J connectivity index is 1.30. The third-order valence-corrected chi connectivity index (χ3v) is 9.84. The van der Waals surface area contributed by atoms with E-state index >= 15 is 0 Å². The highest BCUT2D eigenvalue weighted by molar-refractivity contribution is 7.23. The Bertz CT molecular complexity index is 2470. The van der Waals surface area contributed by atoms with Gasteiger partial charge in [-0.2, -0.15) is 9.97 Å². The second-order valence-electron chi connectivity index (χ2n) is 11.5. The van der Waals surface area contributed by atoms with Gasteiger partial charge in [-0.15, -0.1) is 0 Å². The van der Waals surface area contributed by atoms with Gasteiger partial charge in [0.1, 0.15) is 0 Å². The Labute approximate surface area is 245 Å². The number of benzene rings is 5. The maximum absolute atomic E-state index is 13.2. The highest BCUT2D eigenvalue weighted by Gasteiger charge is 2.36. The van der Waals surface area contributed by atoms with Crippen LogP contribution in [0.15, 0.2) is 114 Å². The molecule has 9 rings (SSSR count). The van der Waals surface area contributed by atoms with Gasteiger partial charge < -0.3 is 4.57 Å². The summed E-state index contributed by atoms with van der Waals surface area (Å²) in [5, 5.41) is 2.46. The Morgan fingerprint density at radius 1 is 0.667 bits per heavy atom. The molecule has 3 aromatic heterocycles. The third kappa shape index (κ3) is 3.10. The highest BCUT2D eigenvalue weighted by atomic mass is 32.1. The van der Waals surface area contributed by atoms with E-state index in [0.29, 0.717) is 10.8 Å². The van der Waals surface area contributed by atoms with E-state index in [2.05, 4.69) is 96.2 Å². The molecule has 0 N–H and O–H groups in total. The number of para-hydroxylation sites is 1. The molecule has 0 atom stereocenters. The smallest absolute Gasteiger partial charge is 0.309 e. The summed E-state index contributed by atoms with van der Waals surface area (Å²) < 4.78 is 4.97. The van der Waals surface area contributed by atoms with Gasteiger partial charge in [0, 0.05) is 27.4 Å². The van der Waals surface area contributed by atoms with Crippen molar-refractivity contribution in [1.29, 1.82) is 0 Å². The molecular weight excluding hydrogens is 536 g/mol. The first-order valence-corrected chi connectivity index (χ1v) is 14.9. The Hall–Kier alpha value is -5.07. The predicted octanol–water partition coefficient (Wildman–Crippen LogP) is 8.37. The van der Waals surface area contributed by atoms with Gasteiger partial charge in [0.25, 0.3) is 0 Å². The quantitative estimate of drug-likeness (QED) is 0.213. The van der Waals surface area contributed by atoms with Crippen molar-refractivity contribution in [1.82, 2.24) is 18.9 Å². The molecular formula is C36H24N4OS. The summed E-state index contributed by atoms with van der Waals surface area (Å²) in [5.74, 6) is 0.451. The average Bonchev–Trinajstić information content (AvgIpc) is 3.62. The molecule has 3 heterocycles. The number of fused-ring (bicyclic) bond motifs is 9.